The predicted octanol–water partition coefficient (Wildman–Crippen LogP) is 3.40. The summed E-state index contributed by atoms with van der Waals surface area (Å²) < 4.78 is 0. The molecule has 1 aromatic carbocycles. The number of benzene rings is 1. The first-order valence-electron chi connectivity index (χ1n) is 8.75. The Morgan fingerprint density at radius 3 is 2.60 bits per heavy atom. The molecule has 2 heterocycles. The van der Waals surface area contributed by atoms with E-state index in [9.17, 15) is 4.79 Å². The van der Waals surface area contributed by atoms with Crippen LogP contribution in [0.4, 0.5) is 5.95 Å². The van der Waals surface area contributed by atoms with Gasteiger partial charge in [-0.25, -0.2) is 9.97 Å². The maximum Gasteiger partial charge on any atom is 0.270 e. The van der Waals surface area contributed by atoms with Crippen LogP contribution in [0.25, 0.3) is 0 Å². The minimum absolute atomic E-state index is 0.155. The Labute approximate surface area is 153 Å². The zero-order valence-electron chi connectivity index (χ0n) is 14.5. The van der Waals surface area contributed by atoms with E-state index in [4.69, 9.17) is 11.6 Å². The molecule has 0 spiro atoms. The van der Waals surface area contributed by atoms with Gasteiger partial charge in [0.2, 0.25) is 5.95 Å². The van der Waals surface area contributed by atoms with Crippen LogP contribution in [0.2, 0.25) is 5.02 Å². The molecule has 6 heteroatoms. The maximum atomic E-state index is 12.4. The van der Waals surface area contributed by atoms with Gasteiger partial charge in [-0.3, -0.25) is 4.79 Å². The highest BCUT2D eigenvalue weighted by molar-refractivity contribution is 6.30. The Morgan fingerprint density at radius 1 is 1.16 bits per heavy atom. The smallest absolute Gasteiger partial charge is 0.270 e. The van der Waals surface area contributed by atoms with E-state index in [1.807, 2.05) is 31.2 Å². The van der Waals surface area contributed by atoms with Gasteiger partial charge in [0, 0.05) is 30.4 Å². The summed E-state index contributed by atoms with van der Waals surface area (Å²) in [6, 6.07) is 9.40. The van der Waals surface area contributed by atoms with E-state index in [2.05, 4.69) is 20.2 Å². The molecule has 1 aliphatic rings. The summed E-state index contributed by atoms with van der Waals surface area (Å²) in [5, 5.41) is 3.66. The maximum absolute atomic E-state index is 12.4. The van der Waals surface area contributed by atoms with Gasteiger partial charge in [0.05, 0.1) is 0 Å². The number of piperidine rings is 1. The van der Waals surface area contributed by atoms with Crippen LogP contribution in [-0.4, -0.2) is 35.5 Å². The first-order chi connectivity index (χ1) is 12.1. The van der Waals surface area contributed by atoms with Gasteiger partial charge >= 0.3 is 0 Å². The summed E-state index contributed by atoms with van der Waals surface area (Å²) >= 11 is 5.88. The molecule has 1 N–H and O–H groups in total. The van der Waals surface area contributed by atoms with E-state index < -0.39 is 0 Å². The van der Waals surface area contributed by atoms with Crippen molar-refractivity contribution in [2.45, 2.75) is 32.6 Å². The van der Waals surface area contributed by atoms with Crippen LogP contribution >= 0.6 is 11.6 Å². The number of hydrogen-bond acceptors (Lipinski definition) is 4. The van der Waals surface area contributed by atoms with Gasteiger partial charge in [0.15, 0.2) is 0 Å². The Hall–Kier alpha value is -2.14. The average Bonchev–Trinajstić information content (AvgIpc) is 2.63. The van der Waals surface area contributed by atoms with Crippen molar-refractivity contribution < 1.29 is 4.79 Å². The van der Waals surface area contributed by atoms with Crippen LogP contribution < -0.4 is 10.2 Å². The second-order valence-electron chi connectivity index (χ2n) is 6.37. The van der Waals surface area contributed by atoms with E-state index in [0.29, 0.717) is 18.2 Å². The van der Waals surface area contributed by atoms with E-state index >= 15 is 0 Å². The zero-order chi connectivity index (χ0) is 17.6. The molecule has 1 aliphatic heterocycles. The summed E-state index contributed by atoms with van der Waals surface area (Å²) in [5.74, 6) is 0.514. The standard InChI is InChI=1S/C19H23ClN4O/c1-14-13-17(23-19(22-14)24-11-3-2-4-12-24)18(25)21-10-9-15-5-7-16(20)8-6-15/h5-8,13H,2-4,9-12H2,1H3,(H,21,25). The van der Waals surface area contributed by atoms with Gasteiger partial charge in [0.25, 0.3) is 5.91 Å². The van der Waals surface area contributed by atoms with Crippen molar-refractivity contribution in [2.24, 2.45) is 0 Å². The van der Waals surface area contributed by atoms with E-state index in [1.165, 1.54) is 6.42 Å². The second kappa shape index (κ2) is 8.30. The lowest BCUT2D eigenvalue weighted by molar-refractivity contribution is 0.0949. The molecule has 0 saturated carbocycles. The Bertz CT molecular complexity index is 727. The third-order valence-electron chi connectivity index (χ3n) is 4.33. The van der Waals surface area contributed by atoms with Gasteiger partial charge in [0.1, 0.15) is 5.69 Å². The number of nitrogens with zero attached hydrogens (tertiary/aromatic N) is 3. The number of nitrogens with one attached hydrogen (secondary N) is 1. The Morgan fingerprint density at radius 2 is 1.88 bits per heavy atom. The molecule has 1 saturated heterocycles. The van der Waals surface area contributed by atoms with Crippen molar-refractivity contribution in [3.05, 3.63) is 52.3 Å². The molecule has 3 rings (SSSR count). The van der Waals surface area contributed by atoms with Gasteiger partial charge in [-0.1, -0.05) is 23.7 Å². The molecule has 0 unspecified atom stereocenters. The number of rotatable bonds is 5. The van der Waals surface area contributed by atoms with E-state index in [1.54, 1.807) is 6.07 Å². The summed E-state index contributed by atoms with van der Waals surface area (Å²) in [7, 11) is 0. The van der Waals surface area contributed by atoms with Crippen LogP contribution in [-0.2, 0) is 6.42 Å². The Kier molecular flexibility index (Phi) is 5.87. The molecule has 25 heavy (non-hydrogen) atoms. The van der Waals surface area contributed by atoms with Gasteiger partial charge < -0.3 is 10.2 Å². The van der Waals surface area contributed by atoms with Crippen molar-refractivity contribution >= 4 is 23.5 Å². The van der Waals surface area contributed by atoms with Crippen molar-refractivity contribution in [3.8, 4) is 0 Å². The number of aromatic nitrogens is 2. The van der Waals surface area contributed by atoms with Crippen molar-refractivity contribution in [2.75, 3.05) is 24.5 Å². The molecular formula is C19H23ClN4O. The molecule has 0 radical (unpaired) electrons. The summed E-state index contributed by atoms with van der Waals surface area (Å²) in [6.45, 7) is 4.38. The molecule has 1 amide bonds. The van der Waals surface area contributed by atoms with Crippen LogP contribution in [0.3, 0.4) is 0 Å². The minimum Gasteiger partial charge on any atom is -0.350 e. The number of amides is 1. The molecule has 0 bridgehead atoms. The van der Waals surface area contributed by atoms with Crippen molar-refractivity contribution in [3.63, 3.8) is 0 Å². The van der Waals surface area contributed by atoms with Gasteiger partial charge in [-0.2, -0.15) is 0 Å². The van der Waals surface area contributed by atoms with Crippen LogP contribution in [0.1, 0.15) is 41.0 Å². The number of carbonyl (C=O) groups excluding carboxylic acids is 1. The fourth-order valence-corrected chi connectivity index (χ4v) is 3.09. The highest BCUT2D eigenvalue weighted by Gasteiger charge is 2.17. The largest absolute Gasteiger partial charge is 0.350 e. The van der Waals surface area contributed by atoms with Crippen LogP contribution in [0, 0.1) is 6.92 Å². The molecule has 1 fully saturated rings. The molecule has 1 aromatic heterocycles. The summed E-state index contributed by atoms with van der Waals surface area (Å²) in [6.07, 6.45) is 4.31. The SMILES string of the molecule is Cc1cc(C(=O)NCCc2ccc(Cl)cc2)nc(N2CCCCC2)n1. The predicted molar refractivity (Wildman–Crippen MR) is 100 cm³/mol. The van der Waals surface area contributed by atoms with Crippen LogP contribution in [0.15, 0.2) is 30.3 Å². The number of halogens is 1. The lowest BCUT2D eigenvalue weighted by atomic mass is 10.1. The quantitative estimate of drug-likeness (QED) is 0.889. The number of aryl methyl sites for hydroxylation is 1. The highest BCUT2D eigenvalue weighted by Crippen LogP contribution is 2.16. The second-order valence-corrected chi connectivity index (χ2v) is 6.81. The summed E-state index contributed by atoms with van der Waals surface area (Å²) in [5.41, 5.74) is 2.39. The van der Waals surface area contributed by atoms with Crippen molar-refractivity contribution in [1.82, 2.24) is 15.3 Å². The zero-order valence-corrected chi connectivity index (χ0v) is 15.2. The third kappa shape index (κ3) is 4.92. The molecule has 0 atom stereocenters. The van der Waals surface area contributed by atoms with E-state index in [-0.39, 0.29) is 5.91 Å². The number of carbonyl (C=O) groups is 1. The normalized spacial score (nSPS) is 14.4. The minimum atomic E-state index is -0.155. The lowest BCUT2D eigenvalue weighted by Crippen LogP contribution is -2.32. The van der Waals surface area contributed by atoms with E-state index in [0.717, 1.165) is 48.6 Å². The highest BCUT2D eigenvalue weighted by atomic mass is 35.5. The van der Waals surface area contributed by atoms with Gasteiger partial charge in [-0.15, -0.1) is 0 Å². The lowest BCUT2D eigenvalue weighted by Gasteiger charge is -2.27. The average molecular weight is 359 g/mol. The number of hydrogen-bond donors (Lipinski definition) is 1. The molecular weight excluding hydrogens is 336 g/mol. The molecule has 5 nitrogen and oxygen atoms in total. The van der Waals surface area contributed by atoms with Crippen molar-refractivity contribution in [1.29, 1.82) is 0 Å². The van der Waals surface area contributed by atoms with Crippen LogP contribution in [0.5, 0.6) is 0 Å². The first kappa shape index (κ1) is 17.7. The molecule has 132 valence electrons. The monoisotopic (exact) mass is 358 g/mol. The first-order valence-corrected chi connectivity index (χ1v) is 9.13. The number of anilines is 1. The summed E-state index contributed by atoms with van der Waals surface area (Å²) in [4.78, 5) is 23.6. The Balaban J connectivity index is 1.61. The van der Waals surface area contributed by atoms with Gasteiger partial charge in [-0.05, 0) is 56.4 Å². The third-order valence-corrected chi connectivity index (χ3v) is 4.58. The fourth-order valence-electron chi connectivity index (χ4n) is 2.97. The topological polar surface area (TPSA) is 58.1 Å². The molecule has 0 aliphatic carbocycles. The fraction of sp³-hybridized carbons (Fsp3) is 0.421. The molecule has 2 aromatic rings.